The topological polar surface area (TPSA) is 41.1 Å². The number of carbonyl (C=O) groups excluding carboxylic acids is 1. The quantitative estimate of drug-likeness (QED) is 0.773. The fourth-order valence-electron chi connectivity index (χ4n) is 1.23. The maximum Gasteiger partial charge on any atom is 0.241 e. The molecule has 0 aliphatic rings. The summed E-state index contributed by atoms with van der Waals surface area (Å²) < 4.78 is 0. The molecule has 0 fully saturated rings. The van der Waals surface area contributed by atoms with Crippen LogP contribution in [-0.4, -0.2) is 18.5 Å². The lowest BCUT2D eigenvalue weighted by Crippen LogP contribution is -2.38. The Kier molecular flexibility index (Phi) is 4.84. The maximum atomic E-state index is 11.6. The zero-order valence-electron chi connectivity index (χ0n) is 9.29. The van der Waals surface area contributed by atoms with E-state index in [1.807, 2.05) is 37.3 Å². The van der Waals surface area contributed by atoms with Gasteiger partial charge in [-0.3, -0.25) is 4.79 Å². The Morgan fingerprint density at radius 3 is 2.60 bits per heavy atom. The number of anilines is 1. The van der Waals surface area contributed by atoms with Crippen molar-refractivity contribution in [2.45, 2.75) is 26.3 Å². The van der Waals surface area contributed by atoms with E-state index in [0.29, 0.717) is 0 Å². The largest absolute Gasteiger partial charge is 0.325 e. The summed E-state index contributed by atoms with van der Waals surface area (Å²) in [5.41, 5.74) is 0.840. The van der Waals surface area contributed by atoms with Crippen LogP contribution in [0.15, 0.2) is 30.3 Å². The van der Waals surface area contributed by atoms with Crippen molar-refractivity contribution in [2.24, 2.45) is 0 Å². The number of benzene rings is 1. The number of carbonyl (C=O) groups is 1. The van der Waals surface area contributed by atoms with Gasteiger partial charge in [0.2, 0.25) is 5.91 Å². The van der Waals surface area contributed by atoms with Gasteiger partial charge < -0.3 is 10.6 Å². The lowest BCUT2D eigenvalue weighted by molar-refractivity contribution is -0.117. The van der Waals surface area contributed by atoms with Crippen LogP contribution in [0.3, 0.4) is 0 Å². The van der Waals surface area contributed by atoms with Gasteiger partial charge in [0.05, 0.1) is 6.04 Å². The molecule has 0 aromatic heterocycles. The standard InChI is InChI=1S/C12H18N2O/c1-3-9-13-10(2)12(15)14-11-7-5-4-6-8-11/h4-8,10,13H,3,9H2,1-2H3,(H,14,15)/t10-/m1/s1. The first-order chi connectivity index (χ1) is 7.24. The molecule has 1 aromatic rings. The van der Waals surface area contributed by atoms with Crippen molar-refractivity contribution in [3.05, 3.63) is 30.3 Å². The number of nitrogens with one attached hydrogen (secondary N) is 2. The highest BCUT2D eigenvalue weighted by Crippen LogP contribution is 2.05. The summed E-state index contributed by atoms with van der Waals surface area (Å²) in [6.45, 7) is 4.81. The lowest BCUT2D eigenvalue weighted by atomic mass is 10.2. The number of hydrogen-bond donors (Lipinski definition) is 2. The summed E-state index contributed by atoms with van der Waals surface area (Å²) in [5, 5.41) is 5.99. The highest BCUT2D eigenvalue weighted by Gasteiger charge is 2.10. The summed E-state index contributed by atoms with van der Waals surface area (Å²) in [5.74, 6) is 0.00894. The fourth-order valence-corrected chi connectivity index (χ4v) is 1.23. The Bertz CT molecular complexity index is 298. The van der Waals surface area contributed by atoms with Crippen molar-refractivity contribution in [3.63, 3.8) is 0 Å². The van der Waals surface area contributed by atoms with E-state index in [2.05, 4.69) is 17.6 Å². The number of para-hydroxylation sites is 1. The fraction of sp³-hybridized carbons (Fsp3) is 0.417. The molecule has 0 spiro atoms. The average molecular weight is 206 g/mol. The summed E-state index contributed by atoms with van der Waals surface area (Å²) in [7, 11) is 0. The maximum absolute atomic E-state index is 11.6. The van der Waals surface area contributed by atoms with Gasteiger partial charge in [-0.2, -0.15) is 0 Å². The molecule has 0 bridgehead atoms. The normalized spacial score (nSPS) is 12.1. The van der Waals surface area contributed by atoms with Gasteiger partial charge in [0.15, 0.2) is 0 Å². The van der Waals surface area contributed by atoms with Gasteiger partial charge >= 0.3 is 0 Å². The molecule has 2 N–H and O–H groups in total. The third-order valence-corrected chi connectivity index (χ3v) is 2.14. The summed E-state index contributed by atoms with van der Waals surface area (Å²) in [6, 6.07) is 9.34. The Morgan fingerprint density at radius 2 is 2.00 bits per heavy atom. The van der Waals surface area contributed by atoms with Crippen molar-refractivity contribution >= 4 is 11.6 Å². The van der Waals surface area contributed by atoms with E-state index in [1.165, 1.54) is 0 Å². The van der Waals surface area contributed by atoms with Gasteiger partial charge in [0.25, 0.3) is 0 Å². The molecule has 0 aliphatic carbocycles. The lowest BCUT2D eigenvalue weighted by Gasteiger charge is -2.13. The summed E-state index contributed by atoms with van der Waals surface area (Å²) >= 11 is 0. The number of hydrogen-bond acceptors (Lipinski definition) is 2. The summed E-state index contributed by atoms with van der Waals surface area (Å²) in [4.78, 5) is 11.6. The molecule has 0 saturated heterocycles. The van der Waals surface area contributed by atoms with Crippen LogP contribution < -0.4 is 10.6 Å². The molecule has 0 heterocycles. The second-order valence-electron chi connectivity index (χ2n) is 3.53. The van der Waals surface area contributed by atoms with E-state index in [-0.39, 0.29) is 11.9 Å². The second-order valence-corrected chi connectivity index (χ2v) is 3.53. The monoisotopic (exact) mass is 206 g/mol. The van der Waals surface area contributed by atoms with Crippen molar-refractivity contribution in [1.29, 1.82) is 0 Å². The molecule has 0 radical (unpaired) electrons. The Morgan fingerprint density at radius 1 is 1.33 bits per heavy atom. The highest BCUT2D eigenvalue weighted by molar-refractivity contribution is 5.94. The molecule has 0 aliphatic heterocycles. The van der Waals surface area contributed by atoms with Crippen LogP contribution in [0.1, 0.15) is 20.3 Å². The van der Waals surface area contributed by atoms with Crippen LogP contribution in [-0.2, 0) is 4.79 Å². The molecular formula is C12H18N2O. The van der Waals surface area contributed by atoms with Gasteiger partial charge in [0, 0.05) is 5.69 Å². The molecule has 15 heavy (non-hydrogen) atoms. The minimum Gasteiger partial charge on any atom is -0.325 e. The molecule has 3 nitrogen and oxygen atoms in total. The van der Waals surface area contributed by atoms with Crippen LogP contribution in [0.5, 0.6) is 0 Å². The van der Waals surface area contributed by atoms with E-state index < -0.39 is 0 Å². The first-order valence-corrected chi connectivity index (χ1v) is 5.33. The SMILES string of the molecule is CCCN[C@H](C)C(=O)Nc1ccccc1. The van der Waals surface area contributed by atoms with E-state index >= 15 is 0 Å². The third-order valence-electron chi connectivity index (χ3n) is 2.14. The van der Waals surface area contributed by atoms with Crippen molar-refractivity contribution in [1.82, 2.24) is 5.32 Å². The van der Waals surface area contributed by atoms with Crippen molar-refractivity contribution < 1.29 is 4.79 Å². The summed E-state index contributed by atoms with van der Waals surface area (Å²) in [6.07, 6.45) is 1.03. The van der Waals surface area contributed by atoms with E-state index in [0.717, 1.165) is 18.7 Å². The first-order valence-electron chi connectivity index (χ1n) is 5.33. The van der Waals surface area contributed by atoms with E-state index in [9.17, 15) is 4.79 Å². The van der Waals surface area contributed by atoms with E-state index in [1.54, 1.807) is 0 Å². The zero-order chi connectivity index (χ0) is 11.1. The Hall–Kier alpha value is -1.35. The van der Waals surface area contributed by atoms with Crippen LogP contribution in [0, 0.1) is 0 Å². The van der Waals surface area contributed by atoms with Gasteiger partial charge in [0.1, 0.15) is 0 Å². The molecule has 3 heteroatoms. The molecule has 82 valence electrons. The second kappa shape index (κ2) is 6.19. The molecular weight excluding hydrogens is 188 g/mol. The predicted octanol–water partition coefficient (Wildman–Crippen LogP) is 2.01. The van der Waals surface area contributed by atoms with Gasteiger partial charge in [-0.15, -0.1) is 0 Å². The molecule has 0 saturated carbocycles. The highest BCUT2D eigenvalue weighted by atomic mass is 16.2. The smallest absolute Gasteiger partial charge is 0.241 e. The van der Waals surface area contributed by atoms with Gasteiger partial charge in [-0.05, 0) is 32.0 Å². The molecule has 1 aromatic carbocycles. The molecule has 1 atom stereocenters. The Labute approximate surface area is 90.9 Å². The van der Waals surface area contributed by atoms with Gasteiger partial charge in [-0.1, -0.05) is 25.1 Å². The van der Waals surface area contributed by atoms with Crippen molar-refractivity contribution in [2.75, 3.05) is 11.9 Å². The molecule has 1 amide bonds. The predicted molar refractivity (Wildman–Crippen MR) is 62.8 cm³/mol. The Balaban J connectivity index is 2.42. The molecule has 1 rings (SSSR count). The first kappa shape index (κ1) is 11.7. The number of rotatable bonds is 5. The third kappa shape index (κ3) is 4.13. The van der Waals surface area contributed by atoms with Crippen molar-refractivity contribution in [3.8, 4) is 0 Å². The van der Waals surface area contributed by atoms with Crippen LogP contribution in [0.4, 0.5) is 5.69 Å². The van der Waals surface area contributed by atoms with Crippen LogP contribution in [0.25, 0.3) is 0 Å². The van der Waals surface area contributed by atoms with Crippen LogP contribution in [0.2, 0.25) is 0 Å². The minimum atomic E-state index is -0.148. The van der Waals surface area contributed by atoms with E-state index in [4.69, 9.17) is 0 Å². The zero-order valence-corrected chi connectivity index (χ0v) is 9.29. The average Bonchev–Trinajstić information content (AvgIpc) is 2.27. The molecule has 0 unspecified atom stereocenters. The van der Waals surface area contributed by atoms with Crippen LogP contribution >= 0.6 is 0 Å². The number of amides is 1. The van der Waals surface area contributed by atoms with Gasteiger partial charge in [-0.25, -0.2) is 0 Å². The minimum absolute atomic E-state index is 0.00894.